The molecule has 0 aliphatic carbocycles. The Morgan fingerprint density at radius 3 is 2.94 bits per heavy atom. The molecular formula is C12H15ClFN3O. The van der Waals surface area contributed by atoms with E-state index in [1.807, 2.05) is 0 Å². The molecule has 1 aliphatic rings. The minimum absolute atomic E-state index is 0.0342. The summed E-state index contributed by atoms with van der Waals surface area (Å²) in [6, 6.07) is 2.78. The molecule has 1 amide bonds. The summed E-state index contributed by atoms with van der Waals surface area (Å²) in [6.07, 6.45) is 1.24. The molecule has 1 fully saturated rings. The zero-order valence-electron chi connectivity index (χ0n) is 10.0. The van der Waals surface area contributed by atoms with E-state index < -0.39 is 5.82 Å². The minimum Gasteiger partial charge on any atom is -0.397 e. The van der Waals surface area contributed by atoms with Gasteiger partial charge < -0.3 is 16.0 Å². The number of hydrogen-bond donors (Lipinski definition) is 2. The summed E-state index contributed by atoms with van der Waals surface area (Å²) in [6.45, 7) is 0.604. The number of anilines is 2. The second kappa shape index (κ2) is 5.02. The number of benzene rings is 1. The monoisotopic (exact) mass is 271 g/mol. The van der Waals surface area contributed by atoms with Crippen LogP contribution in [0.5, 0.6) is 0 Å². The van der Waals surface area contributed by atoms with Gasteiger partial charge in [-0.1, -0.05) is 11.6 Å². The van der Waals surface area contributed by atoms with Gasteiger partial charge in [0.25, 0.3) is 0 Å². The van der Waals surface area contributed by atoms with Crippen molar-refractivity contribution >= 4 is 28.9 Å². The van der Waals surface area contributed by atoms with Gasteiger partial charge in [0.05, 0.1) is 16.4 Å². The maximum absolute atomic E-state index is 13.2. The lowest BCUT2D eigenvalue weighted by Gasteiger charge is -2.31. The molecule has 98 valence electrons. The summed E-state index contributed by atoms with van der Waals surface area (Å²) in [7, 11) is 1.76. The van der Waals surface area contributed by atoms with E-state index in [-0.39, 0.29) is 17.0 Å². The lowest BCUT2D eigenvalue weighted by molar-refractivity contribution is -0.132. The Morgan fingerprint density at radius 1 is 1.56 bits per heavy atom. The maximum Gasteiger partial charge on any atom is 0.222 e. The van der Waals surface area contributed by atoms with Gasteiger partial charge in [-0.15, -0.1) is 0 Å². The van der Waals surface area contributed by atoms with E-state index >= 15 is 0 Å². The van der Waals surface area contributed by atoms with Gasteiger partial charge in [0.1, 0.15) is 5.82 Å². The number of hydrogen-bond acceptors (Lipinski definition) is 3. The summed E-state index contributed by atoms with van der Waals surface area (Å²) < 4.78 is 13.2. The van der Waals surface area contributed by atoms with E-state index in [4.69, 9.17) is 17.3 Å². The van der Waals surface area contributed by atoms with Crippen molar-refractivity contribution < 1.29 is 9.18 Å². The third-order valence-corrected chi connectivity index (χ3v) is 3.37. The first-order valence-corrected chi connectivity index (χ1v) is 6.10. The smallest absolute Gasteiger partial charge is 0.222 e. The van der Waals surface area contributed by atoms with Crippen LogP contribution in [0.1, 0.15) is 12.8 Å². The van der Waals surface area contributed by atoms with Crippen molar-refractivity contribution in [2.24, 2.45) is 0 Å². The van der Waals surface area contributed by atoms with Crippen molar-refractivity contribution in [2.75, 3.05) is 24.6 Å². The van der Waals surface area contributed by atoms with Crippen LogP contribution in [0, 0.1) is 5.82 Å². The number of likely N-dealkylation sites (tertiary alicyclic amines) is 1. The third-order valence-electron chi connectivity index (χ3n) is 3.08. The molecule has 1 heterocycles. The van der Waals surface area contributed by atoms with Crippen LogP contribution < -0.4 is 11.1 Å². The highest BCUT2D eigenvalue weighted by Gasteiger charge is 2.23. The predicted molar refractivity (Wildman–Crippen MR) is 70.1 cm³/mol. The summed E-state index contributed by atoms with van der Waals surface area (Å²) in [5.41, 5.74) is 6.65. The van der Waals surface area contributed by atoms with Gasteiger partial charge in [0, 0.05) is 32.1 Å². The van der Waals surface area contributed by atoms with Gasteiger partial charge in [-0.2, -0.15) is 0 Å². The molecule has 18 heavy (non-hydrogen) atoms. The van der Waals surface area contributed by atoms with Crippen LogP contribution >= 0.6 is 11.6 Å². The molecule has 1 aliphatic heterocycles. The van der Waals surface area contributed by atoms with Crippen LogP contribution in [0.4, 0.5) is 15.8 Å². The molecule has 1 aromatic rings. The number of nitrogens with zero attached hydrogens (tertiary/aromatic N) is 1. The molecule has 1 aromatic carbocycles. The Labute approximate surface area is 110 Å². The minimum atomic E-state index is -0.532. The zero-order chi connectivity index (χ0) is 13.3. The molecule has 0 saturated carbocycles. The third kappa shape index (κ3) is 2.67. The van der Waals surface area contributed by atoms with Gasteiger partial charge in [-0.25, -0.2) is 4.39 Å². The van der Waals surface area contributed by atoms with E-state index in [2.05, 4.69) is 5.32 Å². The van der Waals surface area contributed by atoms with Crippen molar-refractivity contribution in [1.82, 2.24) is 4.90 Å². The Kier molecular flexibility index (Phi) is 3.61. The van der Waals surface area contributed by atoms with Crippen LogP contribution in [-0.2, 0) is 4.79 Å². The standard InChI is InChI=1S/C12H15ClFN3O/c1-17-6-7(2-3-12(17)18)16-11-4-8(13)9(14)5-10(11)15/h4-5,7,16H,2-3,6,15H2,1H3. The summed E-state index contributed by atoms with van der Waals surface area (Å²) in [4.78, 5) is 13.0. The summed E-state index contributed by atoms with van der Waals surface area (Å²) in [5.74, 6) is -0.395. The first kappa shape index (κ1) is 13.0. The maximum atomic E-state index is 13.2. The second-order valence-electron chi connectivity index (χ2n) is 4.51. The molecule has 2 rings (SSSR count). The number of amides is 1. The number of nitrogens with two attached hydrogens (primary N) is 1. The fraction of sp³-hybridized carbons (Fsp3) is 0.417. The molecule has 0 aromatic heterocycles. The van der Waals surface area contributed by atoms with Crippen LogP contribution in [0.2, 0.25) is 5.02 Å². The molecule has 0 bridgehead atoms. The average Bonchev–Trinajstić information content (AvgIpc) is 2.31. The fourth-order valence-electron chi connectivity index (χ4n) is 2.04. The number of nitrogen functional groups attached to an aromatic ring is 1. The topological polar surface area (TPSA) is 58.4 Å². The van der Waals surface area contributed by atoms with Gasteiger partial charge in [-0.3, -0.25) is 4.79 Å². The Balaban J connectivity index is 2.10. The largest absolute Gasteiger partial charge is 0.397 e. The molecule has 1 atom stereocenters. The lowest BCUT2D eigenvalue weighted by Crippen LogP contribution is -2.43. The molecule has 3 N–H and O–H groups in total. The SMILES string of the molecule is CN1CC(Nc2cc(Cl)c(F)cc2N)CCC1=O. The molecule has 1 saturated heterocycles. The quantitative estimate of drug-likeness (QED) is 0.810. The van der Waals surface area contributed by atoms with Crippen molar-refractivity contribution in [2.45, 2.75) is 18.9 Å². The number of halogens is 2. The highest BCUT2D eigenvalue weighted by molar-refractivity contribution is 6.31. The first-order valence-electron chi connectivity index (χ1n) is 5.72. The van der Waals surface area contributed by atoms with Crippen LogP contribution in [0.15, 0.2) is 12.1 Å². The van der Waals surface area contributed by atoms with Crippen LogP contribution in [0.25, 0.3) is 0 Å². The summed E-state index contributed by atoms with van der Waals surface area (Å²) in [5, 5.41) is 3.23. The molecule has 4 nitrogen and oxygen atoms in total. The van der Waals surface area contributed by atoms with E-state index in [1.165, 1.54) is 12.1 Å². The van der Waals surface area contributed by atoms with E-state index in [9.17, 15) is 9.18 Å². The van der Waals surface area contributed by atoms with E-state index in [0.717, 1.165) is 6.42 Å². The number of nitrogens with one attached hydrogen (secondary N) is 1. The number of carbonyl (C=O) groups excluding carboxylic acids is 1. The molecule has 6 heteroatoms. The van der Waals surface area contributed by atoms with Gasteiger partial charge in [0.2, 0.25) is 5.91 Å². The molecule has 0 radical (unpaired) electrons. The van der Waals surface area contributed by atoms with Crippen LogP contribution in [-0.4, -0.2) is 30.4 Å². The summed E-state index contributed by atoms with van der Waals surface area (Å²) >= 11 is 5.72. The van der Waals surface area contributed by atoms with Gasteiger partial charge >= 0.3 is 0 Å². The molecular weight excluding hydrogens is 257 g/mol. The molecule has 1 unspecified atom stereocenters. The average molecular weight is 272 g/mol. The molecule has 0 spiro atoms. The van der Waals surface area contributed by atoms with Crippen molar-refractivity contribution in [3.63, 3.8) is 0 Å². The predicted octanol–water partition coefficient (Wildman–Crippen LogP) is 2.09. The van der Waals surface area contributed by atoms with Crippen molar-refractivity contribution in [3.8, 4) is 0 Å². The number of rotatable bonds is 2. The van der Waals surface area contributed by atoms with Gasteiger partial charge in [0.15, 0.2) is 0 Å². The number of likely N-dealkylation sites (N-methyl/N-ethyl adjacent to an activating group) is 1. The second-order valence-corrected chi connectivity index (χ2v) is 4.91. The van der Waals surface area contributed by atoms with Gasteiger partial charge in [-0.05, 0) is 12.5 Å². The van der Waals surface area contributed by atoms with Crippen LogP contribution in [0.3, 0.4) is 0 Å². The van der Waals surface area contributed by atoms with Crippen molar-refractivity contribution in [3.05, 3.63) is 23.0 Å². The lowest BCUT2D eigenvalue weighted by atomic mass is 10.1. The Hall–Kier alpha value is -1.49. The Morgan fingerprint density at radius 2 is 2.28 bits per heavy atom. The number of carbonyl (C=O) groups is 1. The van der Waals surface area contributed by atoms with E-state index in [1.54, 1.807) is 11.9 Å². The van der Waals surface area contributed by atoms with E-state index in [0.29, 0.717) is 24.3 Å². The highest BCUT2D eigenvalue weighted by Crippen LogP contribution is 2.27. The highest BCUT2D eigenvalue weighted by atomic mass is 35.5. The first-order chi connectivity index (χ1) is 8.47. The van der Waals surface area contributed by atoms with Crippen molar-refractivity contribution in [1.29, 1.82) is 0 Å². The fourth-order valence-corrected chi connectivity index (χ4v) is 2.20. The zero-order valence-corrected chi connectivity index (χ0v) is 10.8. The Bertz CT molecular complexity index is 481. The normalized spacial score (nSPS) is 20.1. The number of piperidine rings is 1.